The van der Waals surface area contributed by atoms with E-state index >= 15 is 0 Å². The first-order valence-electron chi connectivity index (χ1n) is 10.6. The third-order valence-electron chi connectivity index (χ3n) is 6.35. The number of aromatic nitrogens is 1. The lowest BCUT2D eigenvalue weighted by Gasteiger charge is -2.30. The molecular weight excluding hydrogens is 415 g/mol. The normalized spacial score (nSPS) is 15.5. The van der Waals surface area contributed by atoms with Crippen LogP contribution in [0, 0.1) is 5.82 Å². The molecule has 3 heterocycles. The summed E-state index contributed by atoms with van der Waals surface area (Å²) >= 11 is 6.20. The Labute approximate surface area is 185 Å². The van der Waals surface area contributed by atoms with Gasteiger partial charge in [-0.1, -0.05) is 29.8 Å². The van der Waals surface area contributed by atoms with Gasteiger partial charge < -0.3 is 9.30 Å². The van der Waals surface area contributed by atoms with Gasteiger partial charge in [0.15, 0.2) is 0 Å². The number of hydrogen-bond donors (Lipinski definition) is 0. The molecule has 0 radical (unpaired) electrons. The minimum absolute atomic E-state index is 0.0786. The van der Waals surface area contributed by atoms with Gasteiger partial charge in [0, 0.05) is 67.8 Å². The average molecular weight is 439 g/mol. The third kappa shape index (κ3) is 3.88. The number of rotatable bonds is 4. The summed E-state index contributed by atoms with van der Waals surface area (Å²) < 4.78 is 21.6. The summed E-state index contributed by atoms with van der Waals surface area (Å²) in [4.78, 5) is 15.3. The Balaban J connectivity index is 1.41. The average Bonchev–Trinajstić information content (AvgIpc) is 3.22. The first-order valence-corrected chi connectivity index (χ1v) is 11.0. The standard InChI is InChI=1S/C25H24ClFN2O2/c1-28-23-7-9-29(14-16-5-6-24-17(11-16)8-10-31-24)15-19(23)12-18(25(28)30)13-20-21(26)3-2-4-22(20)27/h2-6,11-12H,7-10,13-15H2,1H3. The van der Waals surface area contributed by atoms with E-state index in [0.717, 1.165) is 56.1 Å². The van der Waals surface area contributed by atoms with Crippen LogP contribution in [0.2, 0.25) is 5.02 Å². The minimum atomic E-state index is -0.380. The van der Waals surface area contributed by atoms with Gasteiger partial charge in [-0.05, 0) is 41.0 Å². The second-order valence-corrected chi connectivity index (χ2v) is 8.79. The highest BCUT2D eigenvalue weighted by Crippen LogP contribution is 2.28. The largest absolute Gasteiger partial charge is 0.493 e. The molecule has 0 bridgehead atoms. The number of benzene rings is 2. The molecule has 0 amide bonds. The lowest BCUT2D eigenvalue weighted by Crippen LogP contribution is -2.35. The quantitative estimate of drug-likeness (QED) is 0.610. The molecule has 1 aromatic heterocycles. The van der Waals surface area contributed by atoms with Crippen LogP contribution >= 0.6 is 11.6 Å². The van der Waals surface area contributed by atoms with Crippen LogP contribution < -0.4 is 10.3 Å². The summed E-state index contributed by atoms with van der Waals surface area (Å²) in [7, 11) is 1.81. The van der Waals surface area contributed by atoms with Crippen molar-refractivity contribution < 1.29 is 9.13 Å². The molecule has 0 saturated heterocycles. The van der Waals surface area contributed by atoms with Gasteiger partial charge in [-0.15, -0.1) is 0 Å². The highest BCUT2D eigenvalue weighted by atomic mass is 35.5. The monoisotopic (exact) mass is 438 g/mol. The molecule has 4 nitrogen and oxygen atoms in total. The predicted octanol–water partition coefficient (Wildman–Crippen LogP) is 4.26. The Morgan fingerprint density at radius 1 is 1.13 bits per heavy atom. The lowest BCUT2D eigenvalue weighted by atomic mass is 9.98. The Hall–Kier alpha value is -2.63. The molecule has 0 saturated carbocycles. The van der Waals surface area contributed by atoms with E-state index in [4.69, 9.17) is 16.3 Å². The van der Waals surface area contributed by atoms with Crippen LogP contribution in [0.4, 0.5) is 4.39 Å². The summed E-state index contributed by atoms with van der Waals surface area (Å²) in [5.74, 6) is 0.619. The molecule has 6 heteroatoms. The second kappa shape index (κ2) is 8.13. The summed E-state index contributed by atoms with van der Waals surface area (Å²) in [6.07, 6.45) is 1.97. The molecule has 160 valence electrons. The predicted molar refractivity (Wildman–Crippen MR) is 119 cm³/mol. The molecule has 2 aliphatic heterocycles. The van der Waals surface area contributed by atoms with Crippen LogP contribution in [0.15, 0.2) is 47.3 Å². The van der Waals surface area contributed by atoms with Gasteiger partial charge in [0.1, 0.15) is 11.6 Å². The molecule has 0 unspecified atom stereocenters. The molecule has 0 spiro atoms. The van der Waals surface area contributed by atoms with Crippen molar-refractivity contribution in [1.29, 1.82) is 0 Å². The lowest BCUT2D eigenvalue weighted by molar-refractivity contribution is 0.240. The zero-order chi connectivity index (χ0) is 21.5. The molecule has 3 aromatic rings. The van der Waals surface area contributed by atoms with E-state index in [1.165, 1.54) is 17.2 Å². The summed E-state index contributed by atoms with van der Waals surface area (Å²) in [6, 6.07) is 13.0. The van der Waals surface area contributed by atoms with E-state index in [1.54, 1.807) is 16.7 Å². The van der Waals surface area contributed by atoms with Crippen molar-refractivity contribution >= 4 is 11.6 Å². The molecule has 0 aliphatic carbocycles. The van der Waals surface area contributed by atoms with E-state index in [9.17, 15) is 9.18 Å². The van der Waals surface area contributed by atoms with Gasteiger partial charge >= 0.3 is 0 Å². The molecule has 2 aromatic carbocycles. The first-order chi connectivity index (χ1) is 15.0. The van der Waals surface area contributed by atoms with E-state index in [0.29, 0.717) is 16.1 Å². The fourth-order valence-corrected chi connectivity index (χ4v) is 4.94. The van der Waals surface area contributed by atoms with E-state index in [2.05, 4.69) is 23.1 Å². The molecular formula is C25H24ClFN2O2. The maximum atomic E-state index is 14.3. The first kappa shape index (κ1) is 20.3. The highest BCUT2D eigenvalue weighted by Gasteiger charge is 2.22. The molecule has 0 atom stereocenters. The Morgan fingerprint density at radius 2 is 2.00 bits per heavy atom. The maximum Gasteiger partial charge on any atom is 0.254 e. The van der Waals surface area contributed by atoms with Gasteiger partial charge in [0.2, 0.25) is 0 Å². The van der Waals surface area contributed by atoms with Crippen molar-refractivity contribution in [2.75, 3.05) is 13.2 Å². The number of halogens is 2. The number of ether oxygens (including phenoxy) is 1. The van der Waals surface area contributed by atoms with Crippen molar-refractivity contribution in [3.63, 3.8) is 0 Å². The maximum absolute atomic E-state index is 14.3. The molecule has 0 N–H and O–H groups in total. The van der Waals surface area contributed by atoms with Crippen molar-refractivity contribution in [2.45, 2.75) is 32.4 Å². The Kier molecular flexibility index (Phi) is 5.32. The topological polar surface area (TPSA) is 34.5 Å². The van der Waals surface area contributed by atoms with Gasteiger partial charge in [-0.3, -0.25) is 9.69 Å². The van der Waals surface area contributed by atoms with Crippen molar-refractivity contribution in [1.82, 2.24) is 9.47 Å². The van der Waals surface area contributed by atoms with E-state index < -0.39 is 0 Å². The van der Waals surface area contributed by atoms with Crippen LogP contribution in [0.3, 0.4) is 0 Å². The van der Waals surface area contributed by atoms with Crippen LogP contribution in [0.25, 0.3) is 0 Å². The molecule has 2 aliphatic rings. The highest BCUT2D eigenvalue weighted by molar-refractivity contribution is 6.31. The Bertz CT molecular complexity index is 1200. The van der Waals surface area contributed by atoms with Crippen LogP contribution in [0.1, 0.15) is 33.5 Å². The number of nitrogens with zero attached hydrogens (tertiary/aromatic N) is 2. The summed E-state index contributed by atoms with van der Waals surface area (Å²) in [5.41, 5.74) is 5.61. The van der Waals surface area contributed by atoms with Gasteiger partial charge in [-0.2, -0.15) is 0 Å². The Morgan fingerprint density at radius 3 is 2.84 bits per heavy atom. The van der Waals surface area contributed by atoms with Crippen molar-refractivity contribution in [2.24, 2.45) is 7.05 Å². The van der Waals surface area contributed by atoms with Crippen LogP contribution in [0.5, 0.6) is 5.75 Å². The number of fused-ring (bicyclic) bond motifs is 2. The fraction of sp³-hybridized carbons (Fsp3) is 0.320. The molecule has 31 heavy (non-hydrogen) atoms. The van der Waals surface area contributed by atoms with Crippen LogP contribution in [-0.4, -0.2) is 22.6 Å². The van der Waals surface area contributed by atoms with E-state index in [-0.39, 0.29) is 17.8 Å². The van der Waals surface area contributed by atoms with Gasteiger partial charge in [0.25, 0.3) is 5.56 Å². The fourth-order valence-electron chi connectivity index (χ4n) is 4.71. The third-order valence-corrected chi connectivity index (χ3v) is 6.71. The zero-order valence-electron chi connectivity index (χ0n) is 17.5. The van der Waals surface area contributed by atoms with Gasteiger partial charge in [-0.25, -0.2) is 4.39 Å². The van der Waals surface area contributed by atoms with Crippen LogP contribution in [-0.2, 0) is 39.4 Å². The molecule has 0 fully saturated rings. The minimum Gasteiger partial charge on any atom is -0.493 e. The SMILES string of the molecule is Cn1c2c(cc(Cc3c(F)cccc3Cl)c1=O)CN(Cc1ccc3c(c1)CCO3)CC2. The van der Waals surface area contributed by atoms with Crippen molar-refractivity contribution in [3.8, 4) is 5.75 Å². The second-order valence-electron chi connectivity index (χ2n) is 8.38. The zero-order valence-corrected chi connectivity index (χ0v) is 18.2. The smallest absolute Gasteiger partial charge is 0.254 e. The van der Waals surface area contributed by atoms with Gasteiger partial charge in [0.05, 0.1) is 6.61 Å². The number of pyridine rings is 1. The molecule has 5 rings (SSSR count). The summed E-state index contributed by atoms with van der Waals surface area (Å²) in [5, 5.41) is 0.349. The van der Waals surface area contributed by atoms with Crippen molar-refractivity contribution in [3.05, 3.63) is 97.2 Å². The number of hydrogen-bond acceptors (Lipinski definition) is 3. The summed E-state index contributed by atoms with van der Waals surface area (Å²) in [6.45, 7) is 3.27. The van der Waals surface area contributed by atoms with E-state index in [1.807, 2.05) is 13.1 Å².